The Balaban J connectivity index is 3.35. The summed E-state index contributed by atoms with van der Waals surface area (Å²) in [6.07, 6.45) is 4.92. The Hall–Kier alpha value is -0.0700. The highest BCUT2D eigenvalue weighted by Crippen LogP contribution is 2.18. The van der Waals surface area contributed by atoms with Crippen LogP contribution in [-0.4, -0.2) is 6.17 Å². The molecule has 0 spiro atoms. The van der Waals surface area contributed by atoms with Crippen molar-refractivity contribution in [2.45, 2.75) is 59.0 Å². The molecule has 0 saturated carbocycles. The van der Waals surface area contributed by atoms with Gasteiger partial charge < -0.3 is 0 Å². The first-order valence-electron chi connectivity index (χ1n) is 4.84. The summed E-state index contributed by atoms with van der Waals surface area (Å²) in [7, 11) is 0. The first-order valence-corrected chi connectivity index (χ1v) is 4.84. The van der Waals surface area contributed by atoms with Gasteiger partial charge in [0.1, 0.15) is 0 Å². The number of hydrogen-bond donors (Lipinski definition) is 0. The molecule has 11 heavy (non-hydrogen) atoms. The van der Waals surface area contributed by atoms with Crippen molar-refractivity contribution in [1.29, 1.82) is 0 Å². The minimum atomic E-state index is -0.610. The van der Waals surface area contributed by atoms with Crippen LogP contribution in [0, 0.1) is 5.92 Å². The van der Waals surface area contributed by atoms with Crippen molar-refractivity contribution in [3.05, 3.63) is 0 Å². The zero-order chi connectivity index (χ0) is 8.69. The van der Waals surface area contributed by atoms with Gasteiger partial charge in [-0.1, -0.05) is 33.1 Å². The van der Waals surface area contributed by atoms with Crippen LogP contribution >= 0.6 is 0 Å². The molecular formula is C10H21F. The van der Waals surface area contributed by atoms with E-state index >= 15 is 0 Å². The molecule has 0 aliphatic carbocycles. The molecular weight excluding hydrogens is 139 g/mol. The van der Waals surface area contributed by atoms with Crippen LogP contribution < -0.4 is 0 Å². The summed E-state index contributed by atoms with van der Waals surface area (Å²) >= 11 is 0. The van der Waals surface area contributed by atoms with Crippen molar-refractivity contribution in [3.63, 3.8) is 0 Å². The molecule has 0 N–H and O–H groups in total. The third kappa shape index (κ3) is 6.33. The molecule has 0 bridgehead atoms. The lowest BCUT2D eigenvalue weighted by Gasteiger charge is -2.13. The second kappa shape index (κ2) is 6.63. The van der Waals surface area contributed by atoms with E-state index in [1.54, 1.807) is 6.92 Å². The normalized spacial score (nSPS) is 16.4. The Morgan fingerprint density at radius 3 is 2.09 bits per heavy atom. The van der Waals surface area contributed by atoms with E-state index in [9.17, 15) is 4.39 Å². The maximum atomic E-state index is 12.4. The predicted octanol–water partition coefficient (Wildman–Crippen LogP) is 3.95. The Kier molecular flexibility index (Phi) is 6.59. The van der Waals surface area contributed by atoms with Gasteiger partial charge >= 0.3 is 0 Å². The molecule has 2 atom stereocenters. The van der Waals surface area contributed by atoms with Gasteiger partial charge in [-0.05, 0) is 25.7 Å². The average molecular weight is 160 g/mol. The summed E-state index contributed by atoms with van der Waals surface area (Å²) in [6, 6.07) is 0. The Morgan fingerprint density at radius 2 is 1.73 bits per heavy atom. The highest BCUT2D eigenvalue weighted by atomic mass is 19.1. The molecule has 0 aliphatic rings. The van der Waals surface area contributed by atoms with Gasteiger partial charge in [0, 0.05) is 0 Å². The standard InChI is InChI=1S/C10H21F/c1-4-6-10(5-2)8-7-9(3)11/h9-10H,4-8H2,1-3H3. The first-order chi connectivity index (χ1) is 5.20. The Bertz CT molecular complexity index is 78.9. The minimum Gasteiger partial charge on any atom is -0.248 e. The second-order valence-electron chi connectivity index (χ2n) is 3.42. The van der Waals surface area contributed by atoms with Crippen molar-refractivity contribution in [1.82, 2.24) is 0 Å². The van der Waals surface area contributed by atoms with Gasteiger partial charge in [-0.2, -0.15) is 0 Å². The average Bonchev–Trinajstić information content (AvgIpc) is 1.97. The fourth-order valence-electron chi connectivity index (χ4n) is 1.43. The molecule has 1 heteroatoms. The van der Waals surface area contributed by atoms with Crippen LogP contribution in [0.1, 0.15) is 52.9 Å². The lowest BCUT2D eigenvalue weighted by Crippen LogP contribution is -2.02. The van der Waals surface area contributed by atoms with E-state index in [-0.39, 0.29) is 0 Å². The van der Waals surface area contributed by atoms with Gasteiger partial charge in [0.2, 0.25) is 0 Å². The number of halogens is 1. The van der Waals surface area contributed by atoms with Crippen LogP contribution in [0.3, 0.4) is 0 Å². The lowest BCUT2D eigenvalue weighted by molar-refractivity contribution is 0.299. The van der Waals surface area contributed by atoms with Gasteiger partial charge in [0.05, 0.1) is 6.17 Å². The molecule has 0 aromatic carbocycles. The topological polar surface area (TPSA) is 0 Å². The van der Waals surface area contributed by atoms with E-state index in [1.807, 2.05) is 0 Å². The van der Waals surface area contributed by atoms with Crippen LogP contribution in [0.2, 0.25) is 0 Å². The lowest BCUT2D eigenvalue weighted by atomic mass is 9.94. The molecule has 0 aliphatic heterocycles. The number of alkyl halides is 1. The van der Waals surface area contributed by atoms with Gasteiger partial charge in [-0.15, -0.1) is 0 Å². The van der Waals surface area contributed by atoms with Crippen molar-refractivity contribution in [2.75, 3.05) is 0 Å². The van der Waals surface area contributed by atoms with Gasteiger partial charge in [-0.25, -0.2) is 4.39 Å². The monoisotopic (exact) mass is 160 g/mol. The smallest absolute Gasteiger partial charge is 0.0973 e. The molecule has 0 radical (unpaired) electrons. The third-order valence-electron chi connectivity index (χ3n) is 2.25. The number of rotatable bonds is 6. The Morgan fingerprint density at radius 1 is 1.09 bits per heavy atom. The third-order valence-corrected chi connectivity index (χ3v) is 2.25. The molecule has 0 saturated heterocycles. The Labute approximate surface area is 70.2 Å². The molecule has 0 rings (SSSR count). The van der Waals surface area contributed by atoms with Crippen molar-refractivity contribution >= 4 is 0 Å². The maximum Gasteiger partial charge on any atom is 0.0973 e. The SMILES string of the molecule is CCCC(CC)CCC(C)F. The molecule has 0 aromatic rings. The second-order valence-corrected chi connectivity index (χ2v) is 3.42. The highest BCUT2D eigenvalue weighted by Gasteiger charge is 2.06. The van der Waals surface area contributed by atoms with Gasteiger partial charge in [0.15, 0.2) is 0 Å². The molecule has 0 aromatic heterocycles. The van der Waals surface area contributed by atoms with E-state index in [4.69, 9.17) is 0 Å². The fourth-order valence-corrected chi connectivity index (χ4v) is 1.43. The van der Waals surface area contributed by atoms with Crippen molar-refractivity contribution in [3.8, 4) is 0 Å². The molecule has 68 valence electrons. The van der Waals surface area contributed by atoms with Crippen LogP contribution in [-0.2, 0) is 0 Å². The number of hydrogen-bond acceptors (Lipinski definition) is 0. The van der Waals surface area contributed by atoms with Gasteiger partial charge in [0.25, 0.3) is 0 Å². The van der Waals surface area contributed by atoms with E-state index < -0.39 is 6.17 Å². The van der Waals surface area contributed by atoms with Gasteiger partial charge in [-0.3, -0.25) is 0 Å². The largest absolute Gasteiger partial charge is 0.248 e. The summed E-state index contributed by atoms with van der Waals surface area (Å²) < 4.78 is 12.4. The molecule has 0 nitrogen and oxygen atoms in total. The van der Waals surface area contributed by atoms with Crippen LogP contribution in [0.25, 0.3) is 0 Å². The fraction of sp³-hybridized carbons (Fsp3) is 1.00. The molecule has 0 heterocycles. The summed E-state index contributed by atoms with van der Waals surface area (Å²) in [6.45, 7) is 6.05. The summed E-state index contributed by atoms with van der Waals surface area (Å²) in [4.78, 5) is 0. The predicted molar refractivity (Wildman–Crippen MR) is 48.5 cm³/mol. The van der Waals surface area contributed by atoms with Crippen LogP contribution in [0.4, 0.5) is 4.39 Å². The zero-order valence-electron chi connectivity index (χ0n) is 8.07. The first kappa shape index (κ1) is 10.9. The van der Waals surface area contributed by atoms with Crippen LogP contribution in [0.5, 0.6) is 0 Å². The van der Waals surface area contributed by atoms with Crippen LogP contribution in [0.15, 0.2) is 0 Å². The minimum absolute atomic E-state index is 0.610. The molecule has 0 amide bonds. The summed E-state index contributed by atoms with van der Waals surface area (Å²) in [5.41, 5.74) is 0. The molecule has 2 unspecified atom stereocenters. The highest BCUT2D eigenvalue weighted by molar-refractivity contribution is 4.59. The summed E-state index contributed by atoms with van der Waals surface area (Å²) in [5.74, 6) is 0.762. The quantitative estimate of drug-likeness (QED) is 0.552. The summed E-state index contributed by atoms with van der Waals surface area (Å²) in [5, 5.41) is 0. The van der Waals surface area contributed by atoms with Crippen molar-refractivity contribution < 1.29 is 4.39 Å². The van der Waals surface area contributed by atoms with E-state index in [0.29, 0.717) is 0 Å². The van der Waals surface area contributed by atoms with Crippen molar-refractivity contribution in [2.24, 2.45) is 5.92 Å². The van der Waals surface area contributed by atoms with E-state index in [2.05, 4.69) is 13.8 Å². The van der Waals surface area contributed by atoms with E-state index in [0.717, 1.165) is 18.8 Å². The zero-order valence-corrected chi connectivity index (χ0v) is 8.07. The molecule has 0 fully saturated rings. The van der Waals surface area contributed by atoms with E-state index in [1.165, 1.54) is 19.3 Å². The maximum absolute atomic E-state index is 12.4.